The van der Waals surface area contributed by atoms with E-state index in [1.54, 1.807) is 0 Å². The average molecular weight is 746 g/mol. The van der Waals surface area contributed by atoms with Crippen molar-refractivity contribution in [3.05, 3.63) is 212 Å². The van der Waals surface area contributed by atoms with Gasteiger partial charge in [-0.05, 0) is 87.5 Å². The fraction of sp³-hybridized carbons (Fsp3) is 0. The topological polar surface area (TPSA) is 16.4 Å². The van der Waals surface area contributed by atoms with Crippen LogP contribution in [0.25, 0.3) is 86.6 Å². The van der Waals surface area contributed by atoms with Gasteiger partial charge in [0.25, 0.3) is 0 Å². The molecule has 11 aromatic rings. The Morgan fingerprint density at radius 1 is 0.351 bits per heavy atom. The van der Waals surface area contributed by atoms with Gasteiger partial charge >= 0.3 is 0 Å². The van der Waals surface area contributed by atoms with Crippen molar-refractivity contribution >= 4 is 70.5 Å². The van der Waals surface area contributed by atoms with Crippen LogP contribution in [0.5, 0.6) is 0 Å². The molecule has 3 heteroatoms. The zero-order chi connectivity index (χ0) is 37.7. The first kappa shape index (κ1) is 33.2. The molecule has 0 aliphatic rings. The molecule has 0 spiro atoms. The van der Waals surface area contributed by atoms with Gasteiger partial charge in [0.2, 0.25) is 0 Å². The lowest BCUT2D eigenvalue weighted by molar-refractivity contribution is 0.669. The van der Waals surface area contributed by atoms with Crippen LogP contribution < -0.4 is 4.90 Å². The van der Waals surface area contributed by atoms with Gasteiger partial charge in [0.1, 0.15) is 11.2 Å². The molecule has 0 aliphatic heterocycles. The van der Waals surface area contributed by atoms with Crippen LogP contribution in [0, 0.1) is 0 Å². The molecule has 268 valence electrons. The number of thiophene rings is 1. The Labute approximate surface area is 335 Å². The number of hydrogen-bond acceptors (Lipinski definition) is 3. The van der Waals surface area contributed by atoms with Crippen molar-refractivity contribution in [3.63, 3.8) is 0 Å². The van der Waals surface area contributed by atoms with Crippen molar-refractivity contribution in [2.45, 2.75) is 0 Å². The lowest BCUT2D eigenvalue weighted by Crippen LogP contribution is -2.12. The summed E-state index contributed by atoms with van der Waals surface area (Å²) >= 11 is 1.87. The zero-order valence-corrected chi connectivity index (χ0v) is 31.8. The molecular weight excluding hydrogens is 711 g/mol. The van der Waals surface area contributed by atoms with Gasteiger partial charge in [-0.15, -0.1) is 11.3 Å². The van der Waals surface area contributed by atoms with Crippen molar-refractivity contribution in [1.82, 2.24) is 0 Å². The van der Waals surface area contributed by atoms with Crippen molar-refractivity contribution in [2.75, 3.05) is 4.90 Å². The van der Waals surface area contributed by atoms with Gasteiger partial charge in [-0.3, -0.25) is 0 Å². The third-order valence-corrected chi connectivity index (χ3v) is 12.3. The van der Waals surface area contributed by atoms with Crippen molar-refractivity contribution in [2.24, 2.45) is 0 Å². The number of furan rings is 1. The van der Waals surface area contributed by atoms with Gasteiger partial charge < -0.3 is 9.32 Å². The summed E-state index contributed by atoms with van der Waals surface area (Å²) in [5.41, 5.74) is 14.5. The van der Waals surface area contributed by atoms with E-state index in [-0.39, 0.29) is 0 Å². The SMILES string of the molecule is c1ccc(-c2cc(-c3ccccc3)cc(N(c3ccc(-c4cccc5oc6ccccc6c45)cc3)c3c(-c4ccccc4)ccc4c3sc3ccccc34)c2)cc1. The second-order valence-electron chi connectivity index (χ2n) is 14.5. The summed E-state index contributed by atoms with van der Waals surface area (Å²) in [7, 11) is 0. The van der Waals surface area contributed by atoms with E-state index in [2.05, 4.69) is 205 Å². The van der Waals surface area contributed by atoms with E-state index in [1.165, 1.54) is 48.1 Å². The molecule has 57 heavy (non-hydrogen) atoms. The van der Waals surface area contributed by atoms with Crippen molar-refractivity contribution < 1.29 is 4.42 Å². The second-order valence-corrected chi connectivity index (χ2v) is 15.5. The van der Waals surface area contributed by atoms with Crippen LogP contribution in [0.15, 0.2) is 217 Å². The summed E-state index contributed by atoms with van der Waals surface area (Å²) in [5, 5.41) is 4.80. The first-order valence-corrected chi connectivity index (χ1v) is 20.1. The maximum atomic E-state index is 6.30. The van der Waals surface area contributed by atoms with E-state index in [0.29, 0.717) is 0 Å². The molecule has 2 heterocycles. The van der Waals surface area contributed by atoms with Gasteiger partial charge in [-0.2, -0.15) is 0 Å². The van der Waals surface area contributed by atoms with Gasteiger partial charge in [0, 0.05) is 43.2 Å². The highest BCUT2D eigenvalue weighted by atomic mass is 32.1. The van der Waals surface area contributed by atoms with Gasteiger partial charge in [-0.25, -0.2) is 0 Å². The Kier molecular flexibility index (Phi) is 8.04. The molecule has 2 nitrogen and oxygen atoms in total. The Morgan fingerprint density at radius 2 is 0.930 bits per heavy atom. The molecule has 0 atom stereocenters. The van der Waals surface area contributed by atoms with Crippen LogP contribution in [-0.2, 0) is 0 Å². The maximum absolute atomic E-state index is 6.30. The van der Waals surface area contributed by atoms with Crippen LogP contribution in [0.4, 0.5) is 17.1 Å². The Bertz CT molecular complexity index is 3160. The largest absolute Gasteiger partial charge is 0.456 e. The molecule has 0 saturated heterocycles. The predicted molar refractivity (Wildman–Crippen MR) is 243 cm³/mol. The molecule has 9 aromatic carbocycles. The molecule has 0 aliphatic carbocycles. The highest BCUT2D eigenvalue weighted by Crippen LogP contribution is 2.51. The molecule has 0 saturated carbocycles. The summed E-state index contributed by atoms with van der Waals surface area (Å²) in [6, 6.07) is 76.5. The van der Waals surface area contributed by atoms with E-state index >= 15 is 0 Å². The Balaban J connectivity index is 1.20. The minimum Gasteiger partial charge on any atom is -0.456 e. The first-order valence-electron chi connectivity index (χ1n) is 19.3. The number of benzene rings is 9. The summed E-state index contributed by atoms with van der Waals surface area (Å²) in [5.74, 6) is 0. The minimum atomic E-state index is 0.898. The molecule has 0 unspecified atom stereocenters. The fourth-order valence-electron chi connectivity index (χ4n) is 8.39. The number of fused-ring (bicyclic) bond motifs is 6. The zero-order valence-electron chi connectivity index (χ0n) is 31.0. The van der Waals surface area contributed by atoms with Gasteiger partial charge in [-0.1, -0.05) is 164 Å². The van der Waals surface area contributed by atoms with Crippen LogP contribution in [-0.4, -0.2) is 0 Å². The summed E-state index contributed by atoms with van der Waals surface area (Å²) < 4.78 is 8.83. The van der Waals surface area contributed by atoms with E-state index in [0.717, 1.165) is 55.6 Å². The first-order chi connectivity index (χ1) is 28.3. The van der Waals surface area contributed by atoms with E-state index < -0.39 is 0 Å². The quantitative estimate of drug-likeness (QED) is 0.162. The van der Waals surface area contributed by atoms with Gasteiger partial charge in [0.05, 0.1) is 10.4 Å². The van der Waals surface area contributed by atoms with E-state index in [4.69, 9.17) is 4.42 Å². The number of anilines is 3. The predicted octanol–water partition coefficient (Wildman–Crippen LogP) is 16.1. The number of nitrogens with zero attached hydrogens (tertiary/aromatic N) is 1. The second kappa shape index (κ2) is 13.8. The van der Waals surface area contributed by atoms with Gasteiger partial charge in [0.15, 0.2) is 0 Å². The highest BCUT2D eigenvalue weighted by molar-refractivity contribution is 7.26. The van der Waals surface area contributed by atoms with E-state index in [1.807, 2.05) is 23.5 Å². The van der Waals surface area contributed by atoms with Crippen molar-refractivity contribution in [3.8, 4) is 44.5 Å². The van der Waals surface area contributed by atoms with Crippen LogP contribution in [0.3, 0.4) is 0 Å². The van der Waals surface area contributed by atoms with Crippen molar-refractivity contribution in [1.29, 1.82) is 0 Å². The molecule has 0 radical (unpaired) electrons. The number of para-hydroxylation sites is 1. The molecule has 0 fully saturated rings. The Morgan fingerprint density at radius 3 is 1.63 bits per heavy atom. The summed E-state index contributed by atoms with van der Waals surface area (Å²) in [6.07, 6.45) is 0. The Hall–Kier alpha value is -7.20. The third kappa shape index (κ3) is 5.80. The minimum absolute atomic E-state index is 0.898. The van der Waals surface area contributed by atoms with Crippen LogP contribution in [0.2, 0.25) is 0 Å². The monoisotopic (exact) mass is 745 g/mol. The standard InChI is InChI=1S/C54H35NOS/c1-4-15-36(16-5-1)40-33-41(37-17-6-2-7-18-37)35-43(34-40)55(42-29-27-39(28-30-42)44-23-14-25-50-52(44)48-22-10-12-24-49(48)56-50)53-45(38-19-8-3-9-20-38)31-32-47-46-21-11-13-26-51(46)57-54(47)53/h1-35H. The molecule has 0 N–H and O–H groups in total. The maximum Gasteiger partial charge on any atom is 0.136 e. The van der Waals surface area contributed by atoms with E-state index in [9.17, 15) is 0 Å². The third-order valence-electron chi connectivity index (χ3n) is 11.1. The fourth-order valence-corrected chi connectivity index (χ4v) is 9.64. The molecule has 2 aromatic heterocycles. The lowest BCUT2D eigenvalue weighted by atomic mass is 9.95. The molecule has 0 amide bonds. The molecular formula is C54H35NOS. The lowest BCUT2D eigenvalue weighted by Gasteiger charge is -2.30. The van der Waals surface area contributed by atoms with Crippen LogP contribution >= 0.6 is 11.3 Å². The summed E-state index contributed by atoms with van der Waals surface area (Å²) in [6.45, 7) is 0. The molecule has 0 bridgehead atoms. The normalized spacial score (nSPS) is 11.5. The number of rotatable bonds is 7. The van der Waals surface area contributed by atoms with Crippen LogP contribution in [0.1, 0.15) is 0 Å². The summed E-state index contributed by atoms with van der Waals surface area (Å²) in [4.78, 5) is 2.50. The molecule has 11 rings (SSSR count). The highest BCUT2D eigenvalue weighted by Gasteiger charge is 2.24. The number of hydrogen-bond donors (Lipinski definition) is 0. The smallest absolute Gasteiger partial charge is 0.136 e. The average Bonchev–Trinajstić information content (AvgIpc) is 3.87.